The summed E-state index contributed by atoms with van der Waals surface area (Å²) in [6, 6.07) is 10.8. The van der Waals surface area contributed by atoms with Crippen molar-refractivity contribution in [2.24, 2.45) is 0 Å². The van der Waals surface area contributed by atoms with Gasteiger partial charge in [-0.1, -0.05) is 30.3 Å². The zero-order valence-corrected chi connectivity index (χ0v) is 15.1. The third kappa shape index (κ3) is 4.16. The van der Waals surface area contributed by atoms with Crippen LogP contribution in [-0.2, 0) is 20.9 Å². The smallest absolute Gasteiger partial charge is 0.260 e. The average Bonchev–Trinajstić information content (AvgIpc) is 2.95. The van der Waals surface area contributed by atoms with Crippen LogP contribution in [-0.4, -0.2) is 47.2 Å². The van der Waals surface area contributed by atoms with Crippen molar-refractivity contribution in [2.75, 3.05) is 13.7 Å². The van der Waals surface area contributed by atoms with E-state index in [9.17, 15) is 23.2 Å². The molecular formula is C20H18F2N2O4. The van der Waals surface area contributed by atoms with E-state index in [2.05, 4.69) is 0 Å². The minimum absolute atomic E-state index is 0.126. The van der Waals surface area contributed by atoms with Crippen molar-refractivity contribution in [3.63, 3.8) is 0 Å². The molecule has 1 aliphatic rings. The molecule has 0 aromatic heterocycles. The molecule has 1 aliphatic heterocycles. The van der Waals surface area contributed by atoms with Crippen LogP contribution >= 0.6 is 0 Å². The molecule has 0 bridgehead atoms. The summed E-state index contributed by atoms with van der Waals surface area (Å²) in [5.74, 6) is -3.42. The summed E-state index contributed by atoms with van der Waals surface area (Å²) in [6.45, 7) is -0.413. The summed E-state index contributed by atoms with van der Waals surface area (Å²) < 4.78 is 31.6. The molecule has 0 saturated carbocycles. The first-order valence-corrected chi connectivity index (χ1v) is 8.58. The molecular weight excluding hydrogens is 370 g/mol. The molecule has 3 rings (SSSR count). The van der Waals surface area contributed by atoms with Crippen molar-refractivity contribution in [2.45, 2.75) is 19.0 Å². The van der Waals surface area contributed by atoms with Gasteiger partial charge in [0.2, 0.25) is 5.91 Å². The van der Waals surface area contributed by atoms with Crippen LogP contribution in [0.25, 0.3) is 0 Å². The van der Waals surface area contributed by atoms with Crippen LogP contribution in [0.3, 0.4) is 0 Å². The second-order valence-corrected chi connectivity index (χ2v) is 6.39. The first-order chi connectivity index (χ1) is 13.4. The second-order valence-electron chi connectivity index (χ2n) is 6.39. The van der Waals surface area contributed by atoms with E-state index in [0.29, 0.717) is 6.07 Å². The van der Waals surface area contributed by atoms with Crippen LogP contribution < -0.4 is 4.74 Å². The number of ether oxygens (including phenoxy) is 1. The highest BCUT2D eigenvalue weighted by Gasteiger charge is 2.42. The molecule has 1 fully saturated rings. The number of likely N-dealkylation sites (tertiary alicyclic amines) is 1. The number of hydrogen-bond acceptors (Lipinski definition) is 4. The number of nitrogens with zero attached hydrogens (tertiary/aromatic N) is 2. The molecule has 8 heteroatoms. The Morgan fingerprint density at radius 2 is 1.89 bits per heavy atom. The van der Waals surface area contributed by atoms with Gasteiger partial charge in [0.25, 0.3) is 11.8 Å². The highest BCUT2D eigenvalue weighted by Crippen LogP contribution is 2.21. The van der Waals surface area contributed by atoms with Gasteiger partial charge in [0.05, 0.1) is 13.0 Å². The van der Waals surface area contributed by atoms with Gasteiger partial charge >= 0.3 is 0 Å². The topological polar surface area (TPSA) is 66.9 Å². The van der Waals surface area contributed by atoms with E-state index in [1.165, 1.54) is 7.05 Å². The number of benzene rings is 2. The first kappa shape index (κ1) is 19.5. The summed E-state index contributed by atoms with van der Waals surface area (Å²) in [7, 11) is 1.38. The number of rotatable bonds is 6. The molecule has 146 valence electrons. The van der Waals surface area contributed by atoms with Crippen molar-refractivity contribution < 1.29 is 27.9 Å². The number of hydrogen-bond donors (Lipinski definition) is 0. The van der Waals surface area contributed by atoms with E-state index in [4.69, 9.17) is 4.74 Å². The highest BCUT2D eigenvalue weighted by molar-refractivity contribution is 6.06. The third-order valence-electron chi connectivity index (χ3n) is 4.51. The Morgan fingerprint density at radius 3 is 2.57 bits per heavy atom. The number of likely N-dealkylation sites (N-methyl/N-ethyl adjacent to an activating group) is 1. The summed E-state index contributed by atoms with van der Waals surface area (Å²) in [5.41, 5.74) is 0.800. The number of carbonyl (C=O) groups excluding carboxylic acids is 3. The van der Waals surface area contributed by atoms with Crippen LogP contribution in [0.2, 0.25) is 0 Å². The average molecular weight is 388 g/mol. The van der Waals surface area contributed by atoms with Gasteiger partial charge in [0, 0.05) is 13.1 Å². The third-order valence-corrected chi connectivity index (χ3v) is 4.51. The number of amides is 3. The Bertz CT molecular complexity index is 904. The summed E-state index contributed by atoms with van der Waals surface area (Å²) in [4.78, 5) is 39.4. The van der Waals surface area contributed by atoms with Gasteiger partial charge in [-0.25, -0.2) is 8.78 Å². The second kappa shape index (κ2) is 8.16. The minimum Gasteiger partial charge on any atom is -0.481 e. The maximum atomic E-state index is 13.6. The van der Waals surface area contributed by atoms with Crippen molar-refractivity contribution in [3.8, 4) is 5.75 Å². The molecule has 3 amide bonds. The van der Waals surface area contributed by atoms with E-state index < -0.39 is 36.1 Å². The molecule has 0 aliphatic carbocycles. The Kier molecular flexibility index (Phi) is 5.67. The number of carbonyl (C=O) groups is 3. The molecule has 0 spiro atoms. The molecule has 1 atom stereocenters. The number of halogens is 2. The van der Waals surface area contributed by atoms with E-state index >= 15 is 0 Å². The monoisotopic (exact) mass is 388 g/mol. The normalized spacial score (nSPS) is 16.4. The Morgan fingerprint density at radius 1 is 1.18 bits per heavy atom. The predicted molar refractivity (Wildman–Crippen MR) is 95.0 cm³/mol. The molecule has 1 saturated heterocycles. The lowest BCUT2D eigenvalue weighted by Crippen LogP contribution is -2.44. The van der Waals surface area contributed by atoms with E-state index in [1.807, 2.05) is 6.07 Å². The van der Waals surface area contributed by atoms with Crippen molar-refractivity contribution in [3.05, 3.63) is 65.7 Å². The standard InChI is InChI=1S/C20H18F2N2O4/c1-23(19(26)12-28-17-8-7-14(21)9-15(17)22)16-10-18(25)24(20(16)27)11-13-5-3-2-4-6-13/h2-9,16H,10-12H2,1H3. The molecule has 28 heavy (non-hydrogen) atoms. The zero-order valence-electron chi connectivity index (χ0n) is 15.1. The van der Waals surface area contributed by atoms with E-state index in [-0.39, 0.29) is 24.6 Å². The molecule has 2 aromatic carbocycles. The Hall–Kier alpha value is -3.29. The largest absolute Gasteiger partial charge is 0.481 e. The van der Waals surface area contributed by atoms with Crippen LogP contribution in [0, 0.1) is 11.6 Å². The van der Waals surface area contributed by atoms with Gasteiger partial charge in [-0.3, -0.25) is 19.3 Å². The fraction of sp³-hybridized carbons (Fsp3) is 0.250. The SMILES string of the molecule is CN(C(=O)COc1ccc(F)cc1F)C1CC(=O)N(Cc2ccccc2)C1=O. The van der Waals surface area contributed by atoms with Gasteiger partial charge in [-0.05, 0) is 17.7 Å². The lowest BCUT2D eigenvalue weighted by molar-refractivity contribution is -0.144. The molecule has 6 nitrogen and oxygen atoms in total. The van der Waals surface area contributed by atoms with Gasteiger partial charge in [0.15, 0.2) is 18.2 Å². The molecule has 1 heterocycles. The zero-order chi connectivity index (χ0) is 20.3. The maximum absolute atomic E-state index is 13.6. The fourth-order valence-electron chi connectivity index (χ4n) is 2.91. The summed E-state index contributed by atoms with van der Waals surface area (Å²) >= 11 is 0. The quantitative estimate of drug-likeness (QED) is 0.711. The van der Waals surface area contributed by atoms with Gasteiger partial charge in [-0.2, -0.15) is 0 Å². The van der Waals surface area contributed by atoms with Gasteiger partial charge < -0.3 is 9.64 Å². The fourth-order valence-corrected chi connectivity index (χ4v) is 2.91. The first-order valence-electron chi connectivity index (χ1n) is 8.58. The lowest BCUT2D eigenvalue weighted by atomic mass is 10.2. The minimum atomic E-state index is -0.939. The summed E-state index contributed by atoms with van der Waals surface area (Å²) in [6.07, 6.45) is -0.126. The van der Waals surface area contributed by atoms with E-state index in [1.54, 1.807) is 24.3 Å². The van der Waals surface area contributed by atoms with E-state index in [0.717, 1.165) is 27.5 Å². The van der Waals surface area contributed by atoms with Gasteiger partial charge in [0.1, 0.15) is 11.9 Å². The lowest BCUT2D eigenvalue weighted by Gasteiger charge is -2.23. The predicted octanol–water partition coefficient (Wildman–Crippen LogP) is 2.13. The highest BCUT2D eigenvalue weighted by atomic mass is 19.1. The summed E-state index contributed by atoms with van der Waals surface area (Å²) in [5, 5.41) is 0. The van der Waals surface area contributed by atoms with Crippen LogP contribution in [0.5, 0.6) is 5.75 Å². The van der Waals surface area contributed by atoms with Crippen LogP contribution in [0.15, 0.2) is 48.5 Å². The van der Waals surface area contributed by atoms with Crippen molar-refractivity contribution >= 4 is 17.7 Å². The van der Waals surface area contributed by atoms with Crippen molar-refractivity contribution in [1.29, 1.82) is 0 Å². The van der Waals surface area contributed by atoms with Crippen LogP contribution in [0.4, 0.5) is 8.78 Å². The van der Waals surface area contributed by atoms with Gasteiger partial charge in [-0.15, -0.1) is 0 Å². The molecule has 1 unspecified atom stereocenters. The van der Waals surface area contributed by atoms with Crippen LogP contribution in [0.1, 0.15) is 12.0 Å². The Labute approximate surface area is 160 Å². The van der Waals surface area contributed by atoms with Crippen molar-refractivity contribution in [1.82, 2.24) is 9.80 Å². The molecule has 2 aromatic rings. The number of imide groups is 1. The molecule has 0 radical (unpaired) electrons. The maximum Gasteiger partial charge on any atom is 0.260 e. The molecule has 0 N–H and O–H groups in total. The Balaban J connectivity index is 1.61.